The highest BCUT2D eigenvalue weighted by Gasteiger charge is 2.02. The molecule has 72 valence electrons. The zero-order valence-corrected chi connectivity index (χ0v) is 8.22. The maximum absolute atomic E-state index is 8.73. The van der Waals surface area contributed by atoms with Gasteiger partial charge in [-0.2, -0.15) is 5.26 Å². The fourth-order valence-corrected chi connectivity index (χ4v) is 1.57. The molecule has 0 aliphatic carbocycles. The molecule has 15 heavy (non-hydrogen) atoms. The van der Waals surface area contributed by atoms with Gasteiger partial charge in [0.05, 0.1) is 12.5 Å². The Kier molecular flexibility index (Phi) is 2.75. The minimum Gasteiger partial charge on any atom is -0.265 e. The van der Waals surface area contributed by atoms with Crippen LogP contribution in [-0.4, -0.2) is 4.98 Å². The summed E-state index contributed by atoms with van der Waals surface area (Å²) < 4.78 is 0. The Bertz CT molecular complexity index is 483. The van der Waals surface area contributed by atoms with Gasteiger partial charge in [0.1, 0.15) is 0 Å². The average molecular weight is 194 g/mol. The molecule has 0 radical (unpaired) electrons. The molecule has 0 unspecified atom stereocenters. The number of aromatic nitrogens is 1. The van der Waals surface area contributed by atoms with E-state index in [0.717, 1.165) is 16.7 Å². The third kappa shape index (κ3) is 2.03. The van der Waals surface area contributed by atoms with Crippen LogP contribution >= 0.6 is 0 Å². The number of hydrogen-bond acceptors (Lipinski definition) is 2. The molecular formula is C13H10N2. The van der Waals surface area contributed by atoms with E-state index in [1.807, 2.05) is 36.4 Å². The largest absolute Gasteiger partial charge is 0.265 e. The zero-order valence-electron chi connectivity index (χ0n) is 8.22. The van der Waals surface area contributed by atoms with E-state index >= 15 is 0 Å². The predicted molar refractivity (Wildman–Crippen MR) is 59.0 cm³/mol. The molecule has 0 saturated carbocycles. The molecule has 1 aromatic carbocycles. The molecule has 2 nitrogen and oxygen atoms in total. The molecule has 0 bridgehead atoms. The monoisotopic (exact) mass is 194 g/mol. The zero-order chi connectivity index (χ0) is 10.5. The van der Waals surface area contributed by atoms with E-state index in [4.69, 9.17) is 5.26 Å². The van der Waals surface area contributed by atoms with Gasteiger partial charge in [-0.25, -0.2) is 0 Å². The van der Waals surface area contributed by atoms with E-state index in [-0.39, 0.29) is 0 Å². The molecule has 2 rings (SSSR count). The highest BCUT2D eigenvalue weighted by molar-refractivity contribution is 5.67. The van der Waals surface area contributed by atoms with Crippen molar-refractivity contribution in [1.82, 2.24) is 4.98 Å². The van der Waals surface area contributed by atoms with Crippen LogP contribution in [0.2, 0.25) is 0 Å². The van der Waals surface area contributed by atoms with Crippen LogP contribution in [0.15, 0.2) is 48.8 Å². The molecule has 0 aliphatic rings. The van der Waals surface area contributed by atoms with E-state index < -0.39 is 0 Å². The molecule has 2 heteroatoms. The Morgan fingerprint density at radius 1 is 1.07 bits per heavy atom. The minimum atomic E-state index is 0.443. The SMILES string of the molecule is N#CCc1ccccc1-c1ccncc1. The fraction of sp³-hybridized carbons (Fsp3) is 0.0769. The Morgan fingerprint density at radius 3 is 2.53 bits per heavy atom. The van der Waals surface area contributed by atoms with Crippen molar-refractivity contribution < 1.29 is 0 Å². The third-order valence-corrected chi connectivity index (χ3v) is 2.28. The molecule has 0 atom stereocenters. The van der Waals surface area contributed by atoms with Crippen LogP contribution in [0.5, 0.6) is 0 Å². The summed E-state index contributed by atoms with van der Waals surface area (Å²) >= 11 is 0. The molecule has 0 spiro atoms. The van der Waals surface area contributed by atoms with Crippen LogP contribution in [0, 0.1) is 11.3 Å². The first-order valence-electron chi connectivity index (χ1n) is 4.77. The summed E-state index contributed by atoms with van der Waals surface area (Å²) in [5.41, 5.74) is 3.28. The first-order valence-corrected chi connectivity index (χ1v) is 4.77. The summed E-state index contributed by atoms with van der Waals surface area (Å²) in [7, 11) is 0. The Hall–Kier alpha value is -2.14. The van der Waals surface area contributed by atoms with Crippen LogP contribution < -0.4 is 0 Å². The summed E-state index contributed by atoms with van der Waals surface area (Å²) in [6, 6.07) is 14.0. The molecule has 0 amide bonds. The van der Waals surface area contributed by atoms with Gasteiger partial charge in [0.25, 0.3) is 0 Å². The standard InChI is InChI=1S/C13H10N2/c14-8-5-11-3-1-2-4-13(11)12-6-9-15-10-7-12/h1-4,6-7,9-10H,5H2. The van der Waals surface area contributed by atoms with E-state index in [1.165, 1.54) is 0 Å². The molecule has 0 N–H and O–H groups in total. The van der Waals surface area contributed by atoms with Gasteiger partial charge in [-0.05, 0) is 28.8 Å². The second-order valence-corrected chi connectivity index (χ2v) is 3.23. The van der Waals surface area contributed by atoms with Crippen molar-refractivity contribution in [3.8, 4) is 17.2 Å². The van der Waals surface area contributed by atoms with Crippen molar-refractivity contribution in [2.75, 3.05) is 0 Å². The van der Waals surface area contributed by atoms with Crippen LogP contribution in [-0.2, 0) is 6.42 Å². The Labute approximate surface area is 88.8 Å². The second-order valence-electron chi connectivity index (χ2n) is 3.23. The van der Waals surface area contributed by atoms with Gasteiger partial charge in [-0.3, -0.25) is 4.98 Å². The first kappa shape index (κ1) is 9.42. The maximum Gasteiger partial charge on any atom is 0.0669 e. The van der Waals surface area contributed by atoms with Crippen LogP contribution in [0.3, 0.4) is 0 Å². The van der Waals surface area contributed by atoms with Crippen molar-refractivity contribution in [3.05, 3.63) is 54.4 Å². The van der Waals surface area contributed by atoms with Crippen molar-refractivity contribution in [2.45, 2.75) is 6.42 Å². The van der Waals surface area contributed by atoms with Crippen molar-refractivity contribution in [2.24, 2.45) is 0 Å². The Morgan fingerprint density at radius 2 is 1.80 bits per heavy atom. The van der Waals surface area contributed by atoms with Gasteiger partial charge < -0.3 is 0 Å². The lowest BCUT2D eigenvalue weighted by Crippen LogP contribution is -1.87. The highest BCUT2D eigenvalue weighted by atomic mass is 14.6. The highest BCUT2D eigenvalue weighted by Crippen LogP contribution is 2.22. The van der Waals surface area contributed by atoms with Gasteiger partial charge in [0.2, 0.25) is 0 Å². The first-order chi connectivity index (χ1) is 7.42. The summed E-state index contributed by atoms with van der Waals surface area (Å²) in [5, 5.41) is 8.73. The van der Waals surface area contributed by atoms with Crippen molar-refractivity contribution in [1.29, 1.82) is 5.26 Å². The van der Waals surface area contributed by atoms with E-state index in [1.54, 1.807) is 12.4 Å². The topological polar surface area (TPSA) is 36.7 Å². The van der Waals surface area contributed by atoms with Crippen LogP contribution in [0.25, 0.3) is 11.1 Å². The number of nitrogens with zero attached hydrogens (tertiary/aromatic N) is 2. The molecule has 0 fully saturated rings. The second kappa shape index (κ2) is 4.39. The fourth-order valence-electron chi connectivity index (χ4n) is 1.57. The molecule has 1 aromatic heterocycles. The number of benzene rings is 1. The van der Waals surface area contributed by atoms with Gasteiger partial charge in [0, 0.05) is 12.4 Å². The van der Waals surface area contributed by atoms with Crippen molar-refractivity contribution >= 4 is 0 Å². The quantitative estimate of drug-likeness (QED) is 0.737. The lowest BCUT2D eigenvalue weighted by Gasteiger charge is -2.05. The smallest absolute Gasteiger partial charge is 0.0669 e. The minimum absolute atomic E-state index is 0.443. The average Bonchev–Trinajstić information content (AvgIpc) is 2.31. The van der Waals surface area contributed by atoms with E-state index in [2.05, 4.69) is 11.1 Å². The van der Waals surface area contributed by atoms with Gasteiger partial charge >= 0.3 is 0 Å². The normalized spacial score (nSPS) is 9.53. The number of nitriles is 1. The lowest BCUT2D eigenvalue weighted by molar-refractivity contribution is 1.26. The van der Waals surface area contributed by atoms with Gasteiger partial charge in [-0.15, -0.1) is 0 Å². The summed E-state index contributed by atoms with van der Waals surface area (Å²) in [6.45, 7) is 0. The number of pyridine rings is 1. The number of rotatable bonds is 2. The number of hydrogen-bond donors (Lipinski definition) is 0. The molecule has 0 aliphatic heterocycles. The molecule has 0 saturated heterocycles. The van der Waals surface area contributed by atoms with Crippen molar-refractivity contribution in [3.63, 3.8) is 0 Å². The van der Waals surface area contributed by atoms with Crippen LogP contribution in [0.1, 0.15) is 5.56 Å². The summed E-state index contributed by atoms with van der Waals surface area (Å²) in [5.74, 6) is 0. The summed E-state index contributed by atoms with van der Waals surface area (Å²) in [6.07, 6.45) is 3.97. The summed E-state index contributed by atoms with van der Waals surface area (Å²) in [4.78, 5) is 3.98. The lowest BCUT2D eigenvalue weighted by atomic mass is 9.99. The predicted octanol–water partition coefficient (Wildman–Crippen LogP) is 2.81. The van der Waals surface area contributed by atoms with Gasteiger partial charge in [-0.1, -0.05) is 24.3 Å². The molecule has 2 aromatic rings. The third-order valence-electron chi connectivity index (χ3n) is 2.28. The Balaban J connectivity index is 2.49. The van der Waals surface area contributed by atoms with Crippen LogP contribution in [0.4, 0.5) is 0 Å². The van der Waals surface area contributed by atoms with E-state index in [9.17, 15) is 0 Å². The maximum atomic E-state index is 8.73. The molecular weight excluding hydrogens is 184 g/mol. The molecule has 1 heterocycles. The van der Waals surface area contributed by atoms with Gasteiger partial charge in [0.15, 0.2) is 0 Å². The van der Waals surface area contributed by atoms with E-state index in [0.29, 0.717) is 6.42 Å².